The summed E-state index contributed by atoms with van der Waals surface area (Å²) in [4.78, 5) is 12.3. The van der Waals surface area contributed by atoms with Crippen LogP contribution in [0, 0.1) is 0 Å². The van der Waals surface area contributed by atoms with E-state index in [1.807, 2.05) is 35.1 Å². The van der Waals surface area contributed by atoms with Crippen molar-refractivity contribution in [1.82, 2.24) is 20.4 Å². The van der Waals surface area contributed by atoms with E-state index < -0.39 is 0 Å². The predicted molar refractivity (Wildman–Crippen MR) is 76.1 cm³/mol. The van der Waals surface area contributed by atoms with E-state index in [9.17, 15) is 4.79 Å². The molecule has 0 aliphatic carbocycles. The van der Waals surface area contributed by atoms with E-state index in [2.05, 4.69) is 21.8 Å². The number of carbonyl (C=O) groups is 1. The molecule has 1 aliphatic rings. The Morgan fingerprint density at radius 1 is 1.40 bits per heavy atom. The molecule has 5 heteroatoms. The summed E-state index contributed by atoms with van der Waals surface area (Å²) in [6, 6.07) is 9.77. The van der Waals surface area contributed by atoms with Gasteiger partial charge in [0, 0.05) is 25.5 Å². The number of nitrogens with zero attached hydrogens (tertiary/aromatic N) is 2. The summed E-state index contributed by atoms with van der Waals surface area (Å²) >= 11 is 0. The van der Waals surface area contributed by atoms with Crippen LogP contribution in [0.3, 0.4) is 0 Å². The van der Waals surface area contributed by atoms with Crippen molar-refractivity contribution < 1.29 is 4.79 Å². The highest BCUT2D eigenvalue weighted by molar-refractivity contribution is 5.83. The lowest BCUT2D eigenvalue weighted by atomic mass is 9.94. The number of benzene rings is 1. The fourth-order valence-electron chi connectivity index (χ4n) is 2.57. The average Bonchev–Trinajstić information content (AvgIpc) is 3.00. The second kappa shape index (κ2) is 5.88. The monoisotopic (exact) mass is 270 g/mol. The molecule has 0 fully saturated rings. The van der Waals surface area contributed by atoms with Gasteiger partial charge in [0.15, 0.2) is 0 Å². The number of carbonyl (C=O) groups excluding carboxylic acids is 1. The summed E-state index contributed by atoms with van der Waals surface area (Å²) in [6.07, 6.45) is 4.61. The summed E-state index contributed by atoms with van der Waals surface area (Å²) in [5.74, 6) is 0.0318. The van der Waals surface area contributed by atoms with Gasteiger partial charge in [-0.15, -0.1) is 0 Å². The van der Waals surface area contributed by atoms with Gasteiger partial charge in [-0.25, -0.2) is 0 Å². The highest BCUT2D eigenvalue weighted by atomic mass is 16.2. The summed E-state index contributed by atoms with van der Waals surface area (Å²) < 4.78 is 1.81. The van der Waals surface area contributed by atoms with Gasteiger partial charge in [-0.3, -0.25) is 9.48 Å². The molecule has 1 atom stereocenters. The third-order valence-electron chi connectivity index (χ3n) is 3.57. The second-order valence-corrected chi connectivity index (χ2v) is 4.90. The quantitative estimate of drug-likeness (QED) is 0.867. The molecule has 2 N–H and O–H groups in total. The molecule has 1 aliphatic heterocycles. The molecule has 1 aromatic heterocycles. The van der Waals surface area contributed by atoms with E-state index in [1.165, 1.54) is 5.56 Å². The van der Waals surface area contributed by atoms with Crippen molar-refractivity contribution in [2.45, 2.75) is 19.0 Å². The number of amides is 1. The Labute approximate surface area is 118 Å². The largest absolute Gasteiger partial charge is 0.353 e. The maximum atomic E-state index is 12.3. The first-order chi connectivity index (χ1) is 9.84. The van der Waals surface area contributed by atoms with Gasteiger partial charge in [-0.05, 0) is 23.6 Å². The molecule has 0 bridgehead atoms. The van der Waals surface area contributed by atoms with Crippen molar-refractivity contribution >= 4 is 5.91 Å². The van der Waals surface area contributed by atoms with Crippen molar-refractivity contribution in [2.75, 3.05) is 13.1 Å². The molecule has 5 nitrogen and oxygen atoms in total. The molecule has 1 unspecified atom stereocenters. The molecule has 2 aromatic rings. The Morgan fingerprint density at radius 3 is 3.15 bits per heavy atom. The highest BCUT2D eigenvalue weighted by Gasteiger charge is 2.25. The van der Waals surface area contributed by atoms with Crippen LogP contribution in [-0.4, -0.2) is 28.8 Å². The lowest BCUT2D eigenvalue weighted by Gasteiger charge is -2.26. The zero-order valence-electron chi connectivity index (χ0n) is 11.2. The zero-order valence-corrected chi connectivity index (χ0v) is 11.2. The molecule has 2 heterocycles. The third kappa shape index (κ3) is 2.72. The lowest BCUT2D eigenvalue weighted by Crippen LogP contribution is -2.42. The third-order valence-corrected chi connectivity index (χ3v) is 3.57. The number of nitrogens with one attached hydrogen (secondary N) is 2. The summed E-state index contributed by atoms with van der Waals surface area (Å²) in [6.45, 7) is 2.11. The van der Waals surface area contributed by atoms with Gasteiger partial charge in [0.05, 0.1) is 6.54 Å². The molecule has 0 saturated heterocycles. The van der Waals surface area contributed by atoms with Gasteiger partial charge < -0.3 is 10.6 Å². The topological polar surface area (TPSA) is 59.0 Å². The molecule has 1 aromatic carbocycles. The van der Waals surface area contributed by atoms with E-state index in [1.54, 1.807) is 6.20 Å². The minimum atomic E-state index is -0.238. The minimum absolute atomic E-state index is 0.0318. The highest BCUT2D eigenvalue weighted by Crippen LogP contribution is 2.22. The van der Waals surface area contributed by atoms with Crippen molar-refractivity contribution in [3.05, 3.63) is 53.9 Å². The molecular weight excluding hydrogens is 252 g/mol. The fourth-order valence-corrected chi connectivity index (χ4v) is 2.57. The van der Waals surface area contributed by atoms with E-state index in [0.29, 0.717) is 13.1 Å². The fraction of sp³-hybridized carbons (Fsp3) is 0.333. The number of fused-ring (bicyclic) bond motifs is 1. The Balaban J connectivity index is 1.60. The average molecular weight is 270 g/mol. The van der Waals surface area contributed by atoms with Gasteiger partial charge in [-0.2, -0.15) is 5.10 Å². The van der Waals surface area contributed by atoms with Gasteiger partial charge in [0.2, 0.25) is 5.91 Å². The first kappa shape index (κ1) is 12.9. The zero-order chi connectivity index (χ0) is 13.8. The first-order valence-electron chi connectivity index (χ1n) is 6.91. The van der Waals surface area contributed by atoms with Gasteiger partial charge in [0.25, 0.3) is 0 Å². The van der Waals surface area contributed by atoms with Crippen molar-refractivity contribution in [2.24, 2.45) is 0 Å². The summed E-state index contributed by atoms with van der Waals surface area (Å²) in [5, 5.41) is 10.4. The Hall–Kier alpha value is -2.14. The van der Waals surface area contributed by atoms with Gasteiger partial charge in [0.1, 0.15) is 6.04 Å². The maximum Gasteiger partial charge on any atom is 0.241 e. The Morgan fingerprint density at radius 2 is 2.30 bits per heavy atom. The maximum absolute atomic E-state index is 12.3. The van der Waals surface area contributed by atoms with Crippen LogP contribution < -0.4 is 10.6 Å². The minimum Gasteiger partial charge on any atom is -0.353 e. The molecule has 1 amide bonds. The molecular formula is C15H18N4O. The number of aromatic nitrogens is 2. The van der Waals surface area contributed by atoms with Crippen LogP contribution in [0.25, 0.3) is 0 Å². The molecule has 104 valence electrons. The SMILES string of the molecule is O=C(NCCn1cccn1)C1NCCc2ccccc21. The van der Waals surface area contributed by atoms with Crippen molar-refractivity contribution in [3.63, 3.8) is 0 Å². The van der Waals surface area contributed by atoms with Crippen molar-refractivity contribution in [1.29, 1.82) is 0 Å². The van der Waals surface area contributed by atoms with Crippen LogP contribution >= 0.6 is 0 Å². The van der Waals surface area contributed by atoms with E-state index >= 15 is 0 Å². The van der Waals surface area contributed by atoms with Crippen LogP contribution in [-0.2, 0) is 17.8 Å². The van der Waals surface area contributed by atoms with Crippen LogP contribution in [0.1, 0.15) is 17.2 Å². The molecule has 20 heavy (non-hydrogen) atoms. The molecule has 0 radical (unpaired) electrons. The standard InChI is InChI=1S/C15H18N4O/c20-15(17-9-11-19-10-3-7-18-19)14-13-5-2-1-4-12(13)6-8-16-14/h1-5,7,10,14,16H,6,8-9,11H2,(H,17,20). The van der Waals surface area contributed by atoms with Crippen LogP contribution in [0.15, 0.2) is 42.7 Å². The Kier molecular flexibility index (Phi) is 3.78. The van der Waals surface area contributed by atoms with Gasteiger partial charge in [-0.1, -0.05) is 24.3 Å². The second-order valence-electron chi connectivity index (χ2n) is 4.90. The predicted octanol–water partition coefficient (Wildman–Crippen LogP) is 0.886. The van der Waals surface area contributed by atoms with E-state index in [0.717, 1.165) is 18.5 Å². The Bertz CT molecular complexity index is 579. The van der Waals surface area contributed by atoms with Crippen LogP contribution in [0.2, 0.25) is 0 Å². The number of hydrogen-bond acceptors (Lipinski definition) is 3. The first-order valence-corrected chi connectivity index (χ1v) is 6.91. The van der Waals surface area contributed by atoms with Crippen LogP contribution in [0.4, 0.5) is 0 Å². The van der Waals surface area contributed by atoms with E-state index in [-0.39, 0.29) is 11.9 Å². The lowest BCUT2D eigenvalue weighted by molar-refractivity contribution is -0.123. The molecule has 0 spiro atoms. The van der Waals surface area contributed by atoms with Crippen molar-refractivity contribution in [3.8, 4) is 0 Å². The van der Waals surface area contributed by atoms with Gasteiger partial charge >= 0.3 is 0 Å². The smallest absolute Gasteiger partial charge is 0.241 e. The van der Waals surface area contributed by atoms with Crippen LogP contribution in [0.5, 0.6) is 0 Å². The number of hydrogen-bond donors (Lipinski definition) is 2. The normalized spacial score (nSPS) is 17.5. The summed E-state index contributed by atoms with van der Waals surface area (Å²) in [5.41, 5.74) is 2.36. The summed E-state index contributed by atoms with van der Waals surface area (Å²) in [7, 11) is 0. The number of rotatable bonds is 4. The molecule has 3 rings (SSSR count). The van der Waals surface area contributed by atoms with E-state index in [4.69, 9.17) is 0 Å². The molecule has 0 saturated carbocycles.